The highest BCUT2D eigenvalue weighted by Gasteiger charge is 2.19. The number of benzene rings is 5. The van der Waals surface area contributed by atoms with Gasteiger partial charge >= 0.3 is 0 Å². The molecule has 7 rings (SSSR count). The average molecular weight is 563 g/mol. The highest BCUT2D eigenvalue weighted by molar-refractivity contribution is 6.18. The fourth-order valence-corrected chi connectivity index (χ4v) is 6.94. The lowest BCUT2D eigenvalue weighted by Crippen LogP contribution is -2.14. The van der Waals surface area contributed by atoms with Crippen molar-refractivity contribution in [1.82, 2.24) is 9.13 Å². The molecule has 0 unspecified atom stereocenters. The molecule has 7 aromatic rings. The Balaban J connectivity index is 1.36. The van der Waals surface area contributed by atoms with E-state index in [0.717, 1.165) is 12.8 Å². The summed E-state index contributed by atoms with van der Waals surface area (Å²) in [4.78, 5) is 0. The van der Waals surface area contributed by atoms with Crippen LogP contribution in [0, 0.1) is 5.92 Å². The highest BCUT2D eigenvalue weighted by Crippen LogP contribution is 2.39. The Labute approximate surface area is 255 Å². The second-order valence-corrected chi connectivity index (χ2v) is 13.6. The summed E-state index contributed by atoms with van der Waals surface area (Å²) >= 11 is 0. The van der Waals surface area contributed by atoms with Crippen LogP contribution in [0.4, 0.5) is 0 Å². The van der Waals surface area contributed by atoms with Crippen molar-refractivity contribution in [2.75, 3.05) is 0 Å². The third-order valence-corrected chi connectivity index (χ3v) is 9.92. The molecule has 0 amide bonds. The Kier molecular flexibility index (Phi) is 6.50. The lowest BCUT2D eigenvalue weighted by atomic mass is 9.82. The Morgan fingerprint density at radius 3 is 1.58 bits per heavy atom. The molecular formula is C41H42N2. The minimum atomic E-state index is 0.195. The minimum absolute atomic E-state index is 0.195. The Bertz CT molecular complexity index is 2150. The van der Waals surface area contributed by atoms with E-state index >= 15 is 0 Å². The number of aromatic nitrogens is 2. The van der Waals surface area contributed by atoms with Crippen molar-refractivity contribution in [3.8, 4) is 22.3 Å². The van der Waals surface area contributed by atoms with Gasteiger partial charge in [-0.2, -0.15) is 0 Å². The fourth-order valence-electron chi connectivity index (χ4n) is 6.94. The second kappa shape index (κ2) is 10.2. The topological polar surface area (TPSA) is 9.86 Å². The molecular weight excluding hydrogens is 520 g/mol. The molecule has 0 atom stereocenters. The number of aryl methyl sites for hydroxylation is 2. The largest absolute Gasteiger partial charge is 0.344 e. The lowest BCUT2D eigenvalue weighted by Gasteiger charge is -2.23. The number of hydrogen-bond acceptors (Lipinski definition) is 0. The minimum Gasteiger partial charge on any atom is -0.344 e. The normalized spacial score (nSPS) is 12.5. The van der Waals surface area contributed by atoms with E-state index in [1.165, 1.54) is 77.0 Å². The molecule has 0 spiro atoms. The SMILES string of the molecule is CCC(C)(C)c1ccc(-c2ccc3c(c2)c2cc4c(cc2n3C)c2cc(-c3cccc(CC(C)C)c3)ccc2n4C)cc1. The van der Waals surface area contributed by atoms with E-state index in [1.807, 2.05) is 0 Å². The van der Waals surface area contributed by atoms with E-state index in [2.05, 4.69) is 155 Å². The van der Waals surface area contributed by atoms with Gasteiger partial charge < -0.3 is 9.13 Å². The molecule has 0 fully saturated rings. The molecule has 0 saturated heterocycles. The van der Waals surface area contributed by atoms with Gasteiger partial charge in [-0.3, -0.25) is 0 Å². The summed E-state index contributed by atoms with van der Waals surface area (Å²) in [5, 5.41) is 5.24. The van der Waals surface area contributed by atoms with Gasteiger partial charge in [0.05, 0.1) is 0 Å². The smallest absolute Gasteiger partial charge is 0.0496 e. The van der Waals surface area contributed by atoms with Crippen molar-refractivity contribution >= 4 is 43.6 Å². The predicted octanol–water partition coefficient (Wildman–Crippen LogP) is 11.2. The number of hydrogen-bond donors (Lipinski definition) is 0. The fraction of sp³-hybridized carbons (Fsp3) is 0.268. The summed E-state index contributed by atoms with van der Waals surface area (Å²) in [5.74, 6) is 0.647. The van der Waals surface area contributed by atoms with Crippen LogP contribution in [0.2, 0.25) is 0 Å². The Morgan fingerprint density at radius 1 is 0.558 bits per heavy atom. The van der Waals surface area contributed by atoms with Crippen LogP contribution in [0.1, 0.15) is 52.2 Å². The van der Waals surface area contributed by atoms with Gasteiger partial charge in [-0.15, -0.1) is 0 Å². The molecule has 0 aliphatic rings. The molecule has 2 nitrogen and oxygen atoms in total. The third kappa shape index (κ3) is 4.56. The molecule has 0 saturated carbocycles. The van der Waals surface area contributed by atoms with Crippen molar-refractivity contribution in [2.24, 2.45) is 20.0 Å². The van der Waals surface area contributed by atoms with Crippen molar-refractivity contribution in [2.45, 2.75) is 52.9 Å². The first-order valence-corrected chi connectivity index (χ1v) is 15.8. The molecule has 2 aromatic heterocycles. The second-order valence-electron chi connectivity index (χ2n) is 13.6. The Morgan fingerprint density at radius 2 is 1.05 bits per heavy atom. The van der Waals surface area contributed by atoms with E-state index in [1.54, 1.807) is 0 Å². The first-order chi connectivity index (χ1) is 20.6. The summed E-state index contributed by atoms with van der Waals surface area (Å²) in [6, 6.07) is 37.0. The summed E-state index contributed by atoms with van der Waals surface area (Å²) < 4.78 is 4.72. The zero-order valence-electron chi connectivity index (χ0n) is 26.6. The van der Waals surface area contributed by atoms with Gasteiger partial charge in [-0.1, -0.05) is 95.3 Å². The molecule has 0 N–H and O–H groups in total. The van der Waals surface area contributed by atoms with Gasteiger partial charge in [0.1, 0.15) is 0 Å². The summed E-state index contributed by atoms with van der Waals surface area (Å²) in [6.45, 7) is 11.5. The molecule has 2 heteroatoms. The molecule has 0 bridgehead atoms. The first kappa shape index (κ1) is 27.5. The van der Waals surface area contributed by atoms with Crippen molar-refractivity contribution in [3.05, 3.63) is 108 Å². The molecule has 2 heterocycles. The maximum atomic E-state index is 2.41. The molecule has 5 aromatic carbocycles. The predicted molar refractivity (Wildman–Crippen MR) is 187 cm³/mol. The molecule has 0 aliphatic carbocycles. The van der Waals surface area contributed by atoms with Crippen LogP contribution in [-0.2, 0) is 25.9 Å². The van der Waals surface area contributed by atoms with Crippen LogP contribution in [0.3, 0.4) is 0 Å². The van der Waals surface area contributed by atoms with Crippen LogP contribution in [0.5, 0.6) is 0 Å². The number of rotatable bonds is 6. The summed E-state index contributed by atoms with van der Waals surface area (Å²) in [5.41, 5.74) is 13.2. The monoisotopic (exact) mass is 562 g/mol. The van der Waals surface area contributed by atoms with E-state index in [9.17, 15) is 0 Å². The summed E-state index contributed by atoms with van der Waals surface area (Å²) in [6.07, 6.45) is 2.23. The highest BCUT2D eigenvalue weighted by atomic mass is 15.0. The van der Waals surface area contributed by atoms with Gasteiger partial charge in [0.15, 0.2) is 0 Å². The van der Waals surface area contributed by atoms with Crippen molar-refractivity contribution in [3.63, 3.8) is 0 Å². The number of nitrogens with zero attached hydrogens (tertiary/aromatic N) is 2. The standard InChI is InChI=1S/C41H42N2/c1-8-41(4,5)32-16-12-28(13-17-32)30-14-18-37-33(22-30)35-24-40-36(25-39(35)42(37)6)34-23-31(15-19-38(34)43(40)7)29-11-9-10-27(21-29)20-26(2)3/h9-19,21-26H,8,20H2,1-7H3. The third-order valence-electron chi connectivity index (χ3n) is 9.92. The zero-order valence-corrected chi connectivity index (χ0v) is 26.6. The van der Waals surface area contributed by atoms with Crippen LogP contribution >= 0.6 is 0 Å². The van der Waals surface area contributed by atoms with E-state index in [0.29, 0.717) is 5.92 Å². The Hall–Kier alpha value is -4.30. The van der Waals surface area contributed by atoms with Crippen molar-refractivity contribution < 1.29 is 0 Å². The maximum Gasteiger partial charge on any atom is 0.0496 e. The van der Waals surface area contributed by atoms with Crippen LogP contribution < -0.4 is 0 Å². The molecule has 43 heavy (non-hydrogen) atoms. The molecule has 216 valence electrons. The zero-order chi connectivity index (χ0) is 30.0. The lowest BCUT2D eigenvalue weighted by molar-refractivity contribution is 0.506. The quantitative estimate of drug-likeness (QED) is 0.191. The summed E-state index contributed by atoms with van der Waals surface area (Å²) in [7, 11) is 4.41. The van der Waals surface area contributed by atoms with E-state index in [4.69, 9.17) is 0 Å². The first-order valence-electron chi connectivity index (χ1n) is 15.8. The van der Waals surface area contributed by atoms with Crippen molar-refractivity contribution in [1.29, 1.82) is 0 Å². The van der Waals surface area contributed by atoms with Gasteiger partial charge in [0.25, 0.3) is 0 Å². The number of fused-ring (bicyclic) bond motifs is 6. The molecule has 0 radical (unpaired) electrons. The maximum absolute atomic E-state index is 2.41. The van der Waals surface area contributed by atoms with Gasteiger partial charge in [0.2, 0.25) is 0 Å². The van der Waals surface area contributed by atoms with Crippen LogP contribution in [-0.4, -0.2) is 9.13 Å². The van der Waals surface area contributed by atoms with Gasteiger partial charge in [-0.25, -0.2) is 0 Å². The van der Waals surface area contributed by atoms with E-state index < -0.39 is 0 Å². The van der Waals surface area contributed by atoms with Gasteiger partial charge in [0, 0.05) is 57.7 Å². The van der Waals surface area contributed by atoms with Gasteiger partial charge in [-0.05, 0) is 94.0 Å². The van der Waals surface area contributed by atoms with Crippen LogP contribution in [0.25, 0.3) is 65.9 Å². The van der Waals surface area contributed by atoms with E-state index in [-0.39, 0.29) is 5.41 Å². The average Bonchev–Trinajstić information content (AvgIpc) is 3.45. The molecule has 0 aliphatic heterocycles. The van der Waals surface area contributed by atoms with Crippen LogP contribution in [0.15, 0.2) is 97.1 Å².